The van der Waals surface area contributed by atoms with Crippen molar-refractivity contribution in [3.63, 3.8) is 0 Å². The van der Waals surface area contributed by atoms with Crippen molar-refractivity contribution in [1.29, 1.82) is 0 Å². The predicted octanol–water partition coefficient (Wildman–Crippen LogP) is 4.42. The Morgan fingerprint density at radius 2 is 1.72 bits per heavy atom. The zero-order chi connectivity index (χ0) is 13.0. The quantitative estimate of drug-likeness (QED) is 0.876. The van der Waals surface area contributed by atoms with E-state index in [0.29, 0.717) is 28.7 Å². The molecular formula is C14H12Cl2FN. The molecule has 2 rings (SSSR count). The maximum absolute atomic E-state index is 13.5. The molecule has 0 aliphatic rings. The molecule has 18 heavy (non-hydrogen) atoms. The van der Waals surface area contributed by atoms with E-state index in [1.807, 2.05) is 24.3 Å². The van der Waals surface area contributed by atoms with Crippen molar-refractivity contribution in [2.24, 2.45) is 0 Å². The Morgan fingerprint density at radius 1 is 0.944 bits per heavy atom. The van der Waals surface area contributed by atoms with Gasteiger partial charge < -0.3 is 5.32 Å². The molecule has 0 unspecified atom stereocenters. The van der Waals surface area contributed by atoms with Crippen LogP contribution >= 0.6 is 23.2 Å². The van der Waals surface area contributed by atoms with Crippen LogP contribution in [0, 0.1) is 5.82 Å². The lowest BCUT2D eigenvalue weighted by Crippen LogP contribution is -2.13. The molecule has 2 aromatic rings. The summed E-state index contributed by atoms with van der Waals surface area (Å²) in [4.78, 5) is 0. The molecule has 0 aromatic heterocycles. The zero-order valence-corrected chi connectivity index (χ0v) is 11.1. The lowest BCUT2D eigenvalue weighted by atomic mass is 10.2. The maximum atomic E-state index is 13.5. The molecule has 0 aliphatic heterocycles. The van der Waals surface area contributed by atoms with Gasteiger partial charge in [-0.2, -0.15) is 0 Å². The first-order valence-electron chi connectivity index (χ1n) is 5.54. The molecule has 0 saturated heterocycles. The van der Waals surface area contributed by atoms with E-state index in [1.54, 1.807) is 12.1 Å². The minimum absolute atomic E-state index is 0.291. The van der Waals surface area contributed by atoms with Gasteiger partial charge in [0, 0.05) is 28.7 Å². The van der Waals surface area contributed by atoms with E-state index in [0.717, 1.165) is 5.56 Å². The average molecular weight is 284 g/mol. The minimum Gasteiger partial charge on any atom is -0.309 e. The summed E-state index contributed by atoms with van der Waals surface area (Å²) in [5, 5.41) is 4.27. The van der Waals surface area contributed by atoms with Crippen LogP contribution < -0.4 is 5.32 Å². The van der Waals surface area contributed by atoms with Gasteiger partial charge in [0.1, 0.15) is 5.82 Å². The van der Waals surface area contributed by atoms with Crippen molar-refractivity contribution in [3.8, 4) is 0 Å². The van der Waals surface area contributed by atoms with Crippen LogP contribution in [0.4, 0.5) is 4.39 Å². The molecule has 0 fully saturated rings. The van der Waals surface area contributed by atoms with E-state index in [9.17, 15) is 4.39 Å². The van der Waals surface area contributed by atoms with E-state index in [2.05, 4.69) is 5.32 Å². The molecule has 0 radical (unpaired) electrons. The van der Waals surface area contributed by atoms with E-state index in [-0.39, 0.29) is 5.82 Å². The fourth-order valence-electron chi connectivity index (χ4n) is 1.65. The molecule has 94 valence electrons. The third-order valence-electron chi connectivity index (χ3n) is 2.55. The van der Waals surface area contributed by atoms with Crippen LogP contribution in [0.25, 0.3) is 0 Å². The fourth-order valence-corrected chi connectivity index (χ4v) is 2.03. The maximum Gasteiger partial charge on any atom is 0.129 e. The Bertz CT molecular complexity index is 543. The van der Waals surface area contributed by atoms with Crippen molar-refractivity contribution < 1.29 is 4.39 Å². The van der Waals surface area contributed by atoms with Crippen molar-refractivity contribution in [3.05, 3.63) is 69.5 Å². The standard InChI is InChI=1S/C14H12Cl2FN/c15-12-3-1-2-10(6-12)8-18-9-11-4-5-13(16)7-14(11)17/h1-7,18H,8-9H2. The number of halogens is 3. The topological polar surface area (TPSA) is 12.0 Å². The Kier molecular flexibility index (Phi) is 4.59. The second kappa shape index (κ2) is 6.19. The van der Waals surface area contributed by atoms with Crippen LogP contribution in [-0.2, 0) is 13.1 Å². The molecule has 0 amide bonds. The summed E-state index contributed by atoms with van der Waals surface area (Å²) < 4.78 is 13.5. The minimum atomic E-state index is -0.291. The molecule has 1 N–H and O–H groups in total. The highest BCUT2D eigenvalue weighted by Gasteiger charge is 2.02. The second-order valence-electron chi connectivity index (χ2n) is 3.97. The summed E-state index contributed by atoms with van der Waals surface area (Å²) in [6.45, 7) is 1.10. The van der Waals surface area contributed by atoms with E-state index < -0.39 is 0 Å². The zero-order valence-electron chi connectivity index (χ0n) is 9.59. The second-order valence-corrected chi connectivity index (χ2v) is 4.84. The van der Waals surface area contributed by atoms with Gasteiger partial charge >= 0.3 is 0 Å². The molecule has 4 heteroatoms. The third kappa shape index (κ3) is 3.70. The first-order valence-corrected chi connectivity index (χ1v) is 6.30. The van der Waals surface area contributed by atoms with E-state index in [4.69, 9.17) is 23.2 Å². The van der Waals surface area contributed by atoms with Crippen LogP contribution in [0.3, 0.4) is 0 Å². The lowest BCUT2D eigenvalue weighted by Gasteiger charge is -2.07. The molecule has 2 aromatic carbocycles. The van der Waals surface area contributed by atoms with Gasteiger partial charge in [0.25, 0.3) is 0 Å². The summed E-state index contributed by atoms with van der Waals surface area (Å²) in [6.07, 6.45) is 0. The van der Waals surface area contributed by atoms with E-state index in [1.165, 1.54) is 6.07 Å². The van der Waals surface area contributed by atoms with Crippen molar-refractivity contribution >= 4 is 23.2 Å². The van der Waals surface area contributed by atoms with Crippen molar-refractivity contribution in [2.45, 2.75) is 13.1 Å². The van der Waals surface area contributed by atoms with Gasteiger partial charge in [-0.1, -0.05) is 41.4 Å². The van der Waals surface area contributed by atoms with Crippen LogP contribution in [0.1, 0.15) is 11.1 Å². The number of nitrogens with one attached hydrogen (secondary N) is 1. The molecule has 1 nitrogen and oxygen atoms in total. The van der Waals surface area contributed by atoms with Crippen LogP contribution in [0.5, 0.6) is 0 Å². The normalized spacial score (nSPS) is 10.6. The number of hydrogen-bond acceptors (Lipinski definition) is 1. The van der Waals surface area contributed by atoms with Gasteiger partial charge in [-0.05, 0) is 29.8 Å². The highest BCUT2D eigenvalue weighted by molar-refractivity contribution is 6.30. The SMILES string of the molecule is Fc1cc(Cl)ccc1CNCc1cccc(Cl)c1. The van der Waals surface area contributed by atoms with Gasteiger partial charge in [0.15, 0.2) is 0 Å². The first kappa shape index (κ1) is 13.3. The molecule has 0 aliphatic carbocycles. The molecule has 0 bridgehead atoms. The fraction of sp³-hybridized carbons (Fsp3) is 0.143. The summed E-state index contributed by atoms with van der Waals surface area (Å²) in [6, 6.07) is 12.2. The Balaban J connectivity index is 1.92. The third-order valence-corrected chi connectivity index (χ3v) is 3.02. The summed E-state index contributed by atoms with van der Waals surface area (Å²) >= 11 is 11.6. The summed E-state index contributed by atoms with van der Waals surface area (Å²) in [5.41, 5.74) is 1.67. The molecular weight excluding hydrogens is 272 g/mol. The van der Waals surface area contributed by atoms with Crippen LogP contribution in [-0.4, -0.2) is 0 Å². The van der Waals surface area contributed by atoms with Gasteiger partial charge in [0.2, 0.25) is 0 Å². The summed E-state index contributed by atoms with van der Waals surface area (Å²) in [5.74, 6) is -0.291. The summed E-state index contributed by atoms with van der Waals surface area (Å²) in [7, 11) is 0. The Labute approximate surface area is 116 Å². The molecule has 0 spiro atoms. The molecule has 0 atom stereocenters. The number of rotatable bonds is 4. The average Bonchev–Trinajstić information content (AvgIpc) is 2.32. The van der Waals surface area contributed by atoms with Gasteiger partial charge in [-0.15, -0.1) is 0 Å². The highest BCUT2D eigenvalue weighted by atomic mass is 35.5. The Morgan fingerprint density at radius 3 is 2.44 bits per heavy atom. The van der Waals surface area contributed by atoms with Crippen molar-refractivity contribution in [1.82, 2.24) is 5.32 Å². The van der Waals surface area contributed by atoms with Crippen LogP contribution in [0.15, 0.2) is 42.5 Å². The lowest BCUT2D eigenvalue weighted by molar-refractivity contribution is 0.588. The largest absolute Gasteiger partial charge is 0.309 e. The molecule has 0 heterocycles. The van der Waals surface area contributed by atoms with E-state index >= 15 is 0 Å². The first-order chi connectivity index (χ1) is 8.65. The van der Waals surface area contributed by atoms with Crippen molar-refractivity contribution in [2.75, 3.05) is 0 Å². The smallest absolute Gasteiger partial charge is 0.129 e. The Hall–Kier alpha value is -1.09. The predicted molar refractivity (Wildman–Crippen MR) is 73.4 cm³/mol. The van der Waals surface area contributed by atoms with Gasteiger partial charge in [-0.25, -0.2) is 4.39 Å². The van der Waals surface area contributed by atoms with Gasteiger partial charge in [0.05, 0.1) is 0 Å². The highest BCUT2D eigenvalue weighted by Crippen LogP contribution is 2.15. The monoisotopic (exact) mass is 283 g/mol. The molecule has 0 saturated carbocycles. The number of hydrogen-bond donors (Lipinski definition) is 1. The number of benzene rings is 2. The van der Waals surface area contributed by atoms with Gasteiger partial charge in [-0.3, -0.25) is 0 Å². The van der Waals surface area contributed by atoms with Crippen LogP contribution in [0.2, 0.25) is 10.0 Å².